The van der Waals surface area contributed by atoms with Crippen LogP contribution in [0, 0.1) is 0 Å². The van der Waals surface area contributed by atoms with Crippen LogP contribution in [-0.4, -0.2) is 35.1 Å². The summed E-state index contributed by atoms with van der Waals surface area (Å²) in [6.07, 6.45) is 6.00. The van der Waals surface area contributed by atoms with E-state index in [-0.39, 0.29) is 5.91 Å². The summed E-state index contributed by atoms with van der Waals surface area (Å²) in [6.45, 7) is 3.66. The number of nitrogens with one attached hydrogen (secondary N) is 2. The molecule has 15 heavy (non-hydrogen) atoms. The molecule has 1 atom stereocenters. The first-order valence-electron chi connectivity index (χ1n) is 5.12. The summed E-state index contributed by atoms with van der Waals surface area (Å²) in [5, 5.41) is 5.87. The number of rotatable bonds is 6. The van der Waals surface area contributed by atoms with Crippen molar-refractivity contribution in [2.45, 2.75) is 25.9 Å². The predicted molar refractivity (Wildman–Crippen MR) is 58.4 cm³/mol. The molecule has 84 valence electrons. The Hall–Kier alpha value is -1.36. The number of aromatic nitrogens is 2. The fourth-order valence-electron chi connectivity index (χ4n) is 1.33. The van der Waals surface area contributed by atoms with Crippen LogP contribution in [0.2, 0.25) is 0 Å². The molecule has 0 spiro atoms. The van der Waals surface area contributed by atoms with Crippen LogP contribution in [0.4, 0.5) is 0 Å². The Labute approximate surface area is 89.9 Å². The maximum absolute atomic E-state index is 10.9. The number of hydrogen-bond donors (Lipinski definition) is 2. The Morgan fingerprint density at radius 1 is 1.60 bits per heavy atom. The number of amides is 1. The second kappa shape index (κ2) is 6.19. The largest absolute Gasteiger partial charge is 0.359 e. The van der Waals surface area contributed by atoms with Gasteiger partial charge in [-0.2, -0.15) is 0 Å². The van der Waals surface area contributed by atoms with Crippen molar-refractivity contribution >= 4 is 5.91 Å². The molecule has 1 rings (SSSR count). The molecule has 1 aromatic heterocycles. The average molecular weight is 210 g/mol. The van der Waals surface area contributed by atoms with Gasteiger partial charge in [0.25, 0.3) is 0 Å². The Balaban J connectivity index is 2.14. The van der Waals surface area contributed by atoms with Crippen LogP contribution in [0.25, 0.3) is 0 Å². The van der Waals surface area contributed by atoms with Gasteiger partial charge in [0.15, 0.2) is 0 Å². The quantitative estimate of drug-likeness (QED) is 0.694. The zero-order chi connectivity index (χ0) is 11.1. The maximum atomic E-state index is 10.9. The lowest BCUT2D eigenvalue weighted by Gasteiger charge is -2.13. The molecule has 1 amide bonds. The second-order valence-electron chi connectivity index (χ2n) is 3.54. The van der Waals surface area contributed by atoms with Gasteiger partial charge in [0.05, 0.1) is 6.33 Å². The van der Waals surface area contributed by atoms with Gasteiger partial charge in [-0.05, 0) is 6.92 Å². The minimum Gasteiger partial charge on any atom is -0.359 e. The van der Waals surface area contributed by atoms with Crippen molar-refractivity contribution in [3.05, 3.63) is 18.7 Å². The topological polar surface area (TPSA) is 59.0 Å². The first-order chi connectivity index (χ1) is 7.22. The zero-order valence-corrected chi connectivity index (χ0v) is 9.23. The lowest BCUT2D eigenvalue weighted by molar-refractivity contribution is -0.120. The minimum atomic E-state index is 0.0670. The lowest BCUT2D eigenvalue weighted by Crippen LogP contribution is -2.33. The van der Waals surface area contributed by atoms with Crippen molar-refractivity contribution in [1.82, 2.24) is 20.2 Å². The fraction of sp³-hybridized carbons (Fsp3) is 0.600. The highest BCUT2D eigenvalue weighted by molar-refractivity contribution is 5.75. The SMILES string of the molecule is CNC(=O)CCNC(C)Cn1ccnc1. The van der Waals surface area contributed by atoms with Gasteiger partial charge in [0, 0.05) is 45.0 Å². The van der Waals surface area contributed by atoms with E-state index in [2.05, 4.69) is 22.5 Å². The van der Waals surface area contributed by atoms with Crippen LogP contribution >= 0.6 is 0 Å². The Bertz CT molecular complexity index is 284. The molecule has 0 aliphatic rings. The molecule has 0 aliphatic carbocycles. The normalized spacial score (nSPS) is 12.4. The van der Waals surface area contributed by atoms with E-state index in [1.54, 1.807) is 19.6 Å². The third kappa shape index (κ3) is 4.60. The van der Waals surface area contributed by atoms with E-state index in [1.165, 1.54) is 0 Å². The number of hydrogen-bond acceptors (Lipinski definition) is 3. The van der Waals surface area contributed by atoms with Gasteiger partial charge in [-0.15, -0.1) is 0 Å². The van der Waals surface area contributed by atoms with Gasteiger partial charge >= 0.3 is 0 Å². The number of carbonyl (C=O) groups is 1. The molecule has 2 N–H and O–H groups in total. The van der Waals surface area contributed by atoms with Crippen molar-refractivity contribution in [3.8, 4) is 0 Å². The molecule has 0 radical (unpaired) electrons. The third-order valence-electron chi connectivity index (χ3n) is 2.17. The molecule has 0 bridgehead atoms. The van der Waals surface area contributed by atoms with E-state index in [1.807, 2.05) is 10.8 Å². The Kier molecular flexibility index (Phi) is 4.83. The Morgan fingerprint density at radius 3 is 3.00 bits per heavy atom. The Morgan fingerprint density at radius 2 is 2.40 bits per heavy atom. The van der Waals surface area contributed by atoms with Crippen LogP contribution in [0.3, 0.4) is 0 Å². The first kappa shape index (κ1) is 11.7. The minimum absolute atomic E-state index is 0.0670. The highest BCUT2D eigenvalue weighted by Crippen LogP contribution is 1.91. The van der Waals surface area contributed by atoms with Gasteiger partial charge in [0.1, 0.15) is 0 Å². The van der Waals surface area contributed by atoms with Gasteiger partial charge in [-0.25, -0.2) is 4.98 Å². The van der Waals surface area contributed by atoms with E-state index >= 15 is 0 Å². The predicted octanol–water partition coefficient (Wildman–Crippen LogP) is -0.00270. The van der Waals surface area contributed by atoms with Gasteiger partial charge in [-0.1, -0.05) is 0 Å². The van der Waals surface area contributed by atoms with E-state index in [0.717, 1.165) is 6.54 Å². The molecule has 1 aromatic rings. The standard InChI is InChI=1S/C10H18N4O/c1-9(7-14-6-5-12-8-14)13-4-3-10(15)11-2/h5-6,8-9,13H,3-4,7H2,1-2H3,(H,11,15). The highest BCUT2D eigenvalue weighted by atomic mass is 16.1. The number of imidazole rings is 1. The van der Waals surface area contributed by atoms with E-state index in [0.29, 0.717) is 19.0 Å². The lowest BCUT2D eigenvalue weighted by atomic mass is 10.3. The van der Waals surface area contributed by atoms with Crippen LogP contribution in [0.1, 0.15) is 13.3 Å². The molecule has 0 aromatic carbocycles. The zero-order valence-electron chi connectivity index (χ0n) is 9.23. The van der Waals surface area contributed by atoms with Crippen LogP contribution in [0.15, 0.2) is 18.7 Å². The van der Waals surface area contributed by atoms with Crippen molar-refractivity contribution < 1.29 is 4.79 Å². The van der Waals surface area contributed by atoms with E-state index < -0.39 is 0 Å². The van der Waals surface area contributed by atoms with Crippen LogP contribution < -0.4 is 10.6 Å². The summed E-state index contributed by atoms with van der Waals surface area (Å²) in [5.41, 5.74) is 0. The van der Waals surface area contributed by atoms with Crippen molar-refractivity contribution in [1.29, 1.82) is 0 Å². The smallest absolute Gasteiger partial charge is 0.221 e. The molecule has 5 heteroatoms. The summed E-state index contributed by atoms with van der Waals surface area (Å²) in [7, 11) is 1.65. The molecule has 1 unspecified atom stereocenters. The summed E-state index contributed by atoms with van der Waals surface area (Å²) < 4.78 is 2.01. The average Bonchev–Trinajstić information content (AvgIpc) is 2.70. The third-order valence-corrected chi connectivity index (χ3v) is 2.17. The molecule has 0 saturated carbocycles. The monoisotopic (exact) mass is 210 g/mol. The molecule has 0 saturated heterocycles. The second-order valence-corrected chi connectivity index (χ2v) is 3.54. The van der Waals surface area contributed by atoms with Crippen LogP contribution in [0.5, 0.6) is 0 Å². The summed E-state index contributed by atoms with van der Waals surface area (Å²) >= 11 is 0. The molecular formula is C10H18N4O. The van der Waals surface area contributed by atoms with E-state index in [4.69, 9.17) is 0 Å². The van der Waals surface area contributed by atoms with Gasteiger partial charge in [-0.3, -0.25) is 4.79 Å². The molecule has 5 nitrogen and oxygen atoms in total. The summed E-state index contributed by atoms with van der Waals surface area (Å²) in [5.74, 6) is 0.0670. The first-order valence-corrected chi connectivity index (χ1v) is 5.12. The highest BCUT2D eigenvalue weighted by Gasteiger charge is 2.03. The van der Waals surface area contributed by atoms with Crippen LogP contribution in [-0.2, 0) is 11.3 Å². The van der Waals surface area contributed by atoms with E-state index in [9.17, 15) is 4.79 Å². The van der Waals surface area contributed by atoms with Crippen molar-refractivity contribution in [2.24, 2.45) is 0 Å². The number of nitrogens with zero attached hydrogens (tertiary/aromatic N) is 2. The number of carbonyl (C=O) groups excluding carboxylic acids is 1. The van der Waals surface area contributed by atoms with Gasteiger partial charge in [0.2, 0.25) is 5.91 Å². The molecular weight excluding hydrogens is 192 g/mol. The molecule has 0 aliphatic heterocycles. The summed E-state index contributed by atoms with van der Waals surface area (Å²) in [4.78, 5) is 14.9. The molecule has 1 heterocycles. The molecule has 0 fully saturated rings. The maximum Gasteiger partial charge on any atom is 0.221 e. The summed E-state index contributed by atoms with van der Waals surface area (Å²) in [6, 6.07) is 0.337. The fourth-order valence-corrected chi connectivity index (χ4v) is 1.33. The van der Waals surface area contributed by atoms with Gasteiger partial charge < -0.3 is 15.2 Å². The van der Waals surface area contributed by atoms with Crippen molar-refractivity contribution in [2.75, 3.05) is 13.6 Å². The van der Waals surface area contributed by atoms with Crippen molar-refractivity contribution in [3.63, 3.8) is 0 Å².